The molecule has 3 aromatic heterocycles. The van der Waals surface area contributed by atoms with Crippen LogP contribution >= 0.6 is 0 Å². The molecule has 2 saturated heterocycles. The van der Waals surface area contributed by atoms with Crippen LogP contribution in [0.4, 0.5) is 5.69 Å². The number of fused-ring (bicyclic) bond motifs is 3. The van der Waals surface area contributed by atoms with Crippen LogP contribution in [0.15, 0.2) is 52.1 Å². The molecule has 7 heteroatoms. The van der Waals surface area contributed by atoms with E-state index >= 15 is 0 Å². The first-order valence-electron chi connectivity index (χ1n) is 10.5. The highest BCUT2D eigenvalue weighted by Crippen LogP contribution is 2.29. The van der Waals surface area contributed by atoms with Crippen molar-refractivity contribution in [1.29, 1.82) is 0 Å². The van der Waals surface area contributed by atoms with Crippen molar-refractivity contribution >= 4 is 22.4 Å². The number of piperazine rings is 1. The van der Waals surface area contributed by atoms with Crippen LogP contribution < -0.4 is 10.5 Å². The second kappa shape index (κ2) is 6.67. The molecule has 2 aliphatic rings. The average Bonchev–Trinajstić information content (AvgIpc) is 3.36. The van der Waals surface area contributed by atoms with E-state index in [4.69, 9.17) is 4.42 Å². The second-order valence-electron chi connectivity index (χ2n) is 8.38. The molecule has 6 rings (SSSR count). The van der Waals surface area contributed by atoms with Gasteiger partial charge in [0.2, 0.25) is 5.78 Å². The normalized spacial score (nSPS) is 19.6. The number of benzene rings is 1. The van der Waals surface area contributed by atoms with Crippen LogP contribution in [0.5, 0.6) is 0 Å². The molecule has 0 spiro atoms. The maximum absolute atomic E-state index is 12.8. The summed E-state index contributed by atoms with van der Waals surface area (Å²) in [5, 5.41) is 0.912. The lowest BCUT2D eigenvalue weighted by Crippen LogP contribution is -2.50. The van der Waals surface area contributed by atoms with Crippen LogP contribution in [0, 0.1) is 6.92 Å². The molecule has 0 radical (unpaired) electrons. The Kier molecular flexibility index (Phi) is 3.92. The molecular weight excluding hydrogens is 378 g/mol. The van der Waals surface area contributed by atoms with E-state index in [1.807, 2.05) is 41.9 Å². The minimum absolute atomic E-state index is 0.349. The van der Waals surface area contributed by atoms with Gasteiger partial charge in [-0.05, 0) is 44.5 Å². The van der Waals surface area contributed by atoms with E-state index in [2.05, 4.69) is 25.8 Å². The maximum atomic E-state index is 12.8. The average molecular weight is 401 g/mol. The highest BCUT2D eigenvalue weighted by Gasteiger charge is 2.30. The minimum atomic E-state index is -0.349. The summed E-state index contributed by atoms with van der Waals surface area (Å²) < 4.78 is 7.57. The summed E-state index contributed by atoms with van der Waals surface area (Å²) in [5.41, 5.74) is 3.52. The van der Waals surface area contributed by atoms with E-state index in [0.29, 0.717) is 23.0 Å². The van der Waals surface area contributed by atoms with Gasteiger partial charge in [-0.3, -0.25) is 9.30 Å². The lowest BCUT2D eigenvalue weighted by molar-refractivity contribution is 0.231. The minimum Gasteiger partial charge on any atom is -0.422 e. The molecule has 2 aliphatic heterocycles. The SMILES string of the molecule is Cc1cn2cc(-c3cc4ccc(N5CCN6CCC[C@H]6C5)cc4oc3=O)cnc2n1. The van der Waals surface area contributed by atoms with Crippen LogP contribution in [0.3, 0.4) is 0 Å². The molecule has 1 atom stereocenters. The van der Waals surface area contributed by atoms with Crippen LogP contribution in [0.2, 0.25) is 0 Å². The number of aryl methyl sites for hydroxylation is 1. The van der Waals surface area contributed by atoms with Crippen LogP contribution in [0.1, 0.15) is 18.5 Å². The summed E-state index contributed by atoms with van der Waals surface area (Å²) in [6, 6.07) is 8.74. The Morgan fingerprint density at radius 1 is 1.13 bits per heavy atom. The smallest absolute Gasteiger partial charge is 0.344 e. The molecule has 0 N–H and O–H groups in total. The van der Waals surface area contributed by atoms with Crippen LogP contribution in [0.25, 0.3) is 27.9 Å². The molecule has 152 valence electrons. The Bertz CT molecular complexity index is 1320. The van der Waals surface area contributed by atoms with Crippen molar-refractivity contribution in [1.82, 2.24) is 19.3 Å². The van der Waals surface area contributed by atoms with E-state index in [9.17, 15) is 4.79 Å². The van der Waals surface area contributed by atoms with Gasteiger partial charge in [-0.1, -0.05) is 0 Å². The van der Waals surface area contributed by atoms with Gasteiger partial charge in [-0.15, -0.1) is 0 Å². The number of hydrogen-bond acceptors (Lipinski definition) is 6. The third-order valence-electron chi connectivity index (χ3n) is 6.41. The highest BCUT2D eigenvalue weighted by molar-refractivity contribution is 5.84. The van der Waals surface area contributed by atoms with Crippen molar-refractivity contribution in [2.24, 2.45) is 0 Å². The largest absolute Gasteiger partial charge is 0.422 e. The Morgan fingerprint density at radius 3 is 3.00 bits per heavy atom. The summed E-state index contributed by atoms with van der Waals surface area (Å²) in [5.74, 6) is 0.619. The number of anilines is 1. The standard InChI is InChI=1S/C23H23N5O2/c1-15-12-28-13-17(11-24-23(28)25-15)20-9-16-4-5-18(10-21(16)30-22(20)29)27-8-7-26-6-2-3-19(26)14-27/h4-5,9-13,19H,2-3,6-8,14H2,1H3/t19-/m0/s1. The third-order valence-corrected chi connectivity index (χ3v) is 6.41. The fraction of sp³-hybridized carbons (Fsp3) is 0.348. The van der Waals surface area contributed by atoms with Gasteiger partial charge < -0.3 is 9.32 Å². The van der Waals surface area contributed by atoms with Crippen molar-refractivity contribution < 1.29 is 4.42 Å². The van der Waals surface area contributed by atoms with Crippen molar-refractivity contribution in [2.45, 2.75) is 25.8 Å². The van der Waals surface area contributed by atoms with Crippen molar-refractivity contribution in [3.8, 4) is 11.1 Å². The fourth-order valence-electron chi connectivity index (χ4n) is 4.87. The molecule has 7 nitrogen and oxygen atoms in total. The first-order valence-corrected chi connectivity index (χ1v) is 10.5. The van der Waals surface area contributed by atoms with Gasteiger partial charge in [-0.2, -0.15) is 0 Å². The molecule has 4 aromatic rings. The number of imidazole rings is 1. The molecule has 0 aliphatic carbocycles. The summed E-state index contributed by atoms with van der Waals surface area (Å²) in [6.45, 7) is 6.31. The number of rotatable bonds is 2. The van der Waals surface area contributed by atoms with E-state index in [1.54, 1.807) is 6.20 Å². The summed E-state index contributed by atoms with van der Waals surface area (Å²) in [6.07, 6.45) is 8.01. The van der Waals surface area contributed by atoms with Crippen molar-refractivity contribution in [3.05, 3.63) is 59.0 Å². The number of nitrogens with zero attached hydrogens (tertiary/aromatic N) is 5. The lowest BCUT2D eigenvalue weighted by Gasteiger charge is -2.38. The molecule has 1 aromatic carbocycles. The van der Waals surface area contributed by atoms with Crippen LogP contribution in [-0.4, -0.2) is 51.5 Å². The van der Waals surface area contributed by atoms with Crippen molar-refractivity contribution in [2.75, 3.05) is 31.1 Å². The molecule has 5 heterocycles. The predicted octanol–water partition coefficient (Wildman–Crippen LogP) is 3.10. The van der Waals surface area contributed by atoms with E-state index < -0.39 is 0 Å². The first-order chi connectivity index (χ1) is 14.6. The Balaban J connectivity index is 1.36. The Labute approximate surface area is 173 Å². The predicted molar refractivity (Wildman–Crippen MR) is 116 cm³/mol. The zero-order chi connectivity index (χ0) is 20.2. The molecule has 0 unspecified atom stereocenters. The molecule has 0 amide bonds. The molecule has 2 fully saturated rings. The van der Waals surface area contributed by atoms with Gasteiger partial charge in [0.25, 0.3) is 0 Å². The third kappa shape index (κ3) is 2.89. The maximum Gasteiger partial charge on any atom is 0.344 e. The van der Waals surface area contributed by atoms with Crippen LogP contribution in [-0.2, 0) is 0 Å². The van der Waals surface area contributed by atoms with Gasteiger partial charge in [0, 0.05) is 67.0 Å². The second-order valence-corrected chi connectivity index (χ2v) is 8.38. The summed E-state index contributed by atoms with van der Waals surface area (Å²) in [4.78, 5) is 26.5. The van der Waals surface area contributed by atoms with Gasteiger partial charge in [0.05, 0.1) is 11.3 Å². The monoisotopic (exact) mass is 401 g/mol. The highest BCUT2D eigenvalue weighted by atomic mass is 16.4. The molecular formula is C23H23N5O2. The Morgan fingerprint density at radius 2 is 2.07 bits per heavy atom. The lowest BCUT2D eigenvalue weighted by atomic mass is 10.1. The molecule has 30 heavy (non-hydrogen) atoms. The number of aromatic nitrogens is 3. The van der Waals surface area contributed by atoms with Crippen molar-refractivity contribution in [3.63, 3.8) is 0 Å². The van der Waals surface area contributed by atoms with E-state index in [1.165, 1.54) is 19.4 Å². The molecule has 0 bridgehead atoms. The zero-order valence-electron chi connectivity index (χ0n) is 16.9. The van der Waals surface area contributed by atoms with E-state index in [-0.39, 0.29) is 5.63 Å². The summed E-state index contributed by atoms with van der Waals surface area (Å²) in [7, 11) is 0. The van der Waals surface area contributed by atoms with Gasteiger partial charge >= 0.3 is 5.63 Å². The van der Waals surface area contributed by atoms with Gasteiger partial charge in [-0.25, -0.2) is 14.8 Å². The Hall–Kier alpha value is -3.19. The number of hydrogen-bond donors (Lipinski definition) is 0. The summed E-state index contributed by atoms with van der Waals surface area (Å²) >= 11 is 0. The molecule has 0 saturated carbocycles. The first kappa shape index (κ1) is 17.7. The topological polar surface area (TPSA) is 66.9 Å². The van der Waals surface area contributed by atoms with Gasteiger partial charge in [0.1, 0.15) is 5.58 Å². The fourth-order valence-corrected chi connectivity index (χ4v) is 4.87. The van der Waals surface area contributed by atoms with Gasteiger partial charge in [0.15, 0.2) is 0 Å². The quantitative estimate of drug-likeness (QED) is 0.481. The van der Waals surface area contributed by atoms with E-state index in [0.717, 1.165) is 42.0 Å². The zero-order valence-corrected chi connectivity index (χ0v) is 16.9.